The van der Waals surface area contributed by atoms with E-state index in [4.69, 9.17) is 9.47 Å². The van der Waals surface area contributed by atoms with E-state index in [1.165, 1.54) is 193 Å². The normalized spacial score (nSPS) is 20.1. The predicted octanol–water partition coefficient (Wildman–Crippen LogP) is 13.2. The van der Waals surface area contributed by atoms with Gasteiger partial charge in [0.25, 0.3) is 0 Å². The largest absolute Gasteiger partial charge is 0.394 e. The first-order valence-electron chi connectivity index (χ1n) is 27.7. The zero-order chi connectivity index (χ0) is 47.3. The number of hydrogen-bond acceptors (Lipinski definition) is 8. The summed E-state index contributed by atoms with van der Waals surface area (Å²) in [4.78, 5) is 13.0. The average Bonchev–Trinajstić information content (AvgIpc) is 3.31. The lowest BCUT2D eigenvalue weighted by atomic mass is 9.99. The third-order valence-electron chi connectivity index (χ3n) is 13.2. The monoisotopic (exact) mass is 920 g/mol. The molecule has 1 amide bonds. The second kappa shape index (κ2) is 46.2. The number of nitrogens with one attached hydrogen (secondary N) is 1. The van der Waals surface area contributed by atoms with Crippen LogP contribution >= 0.6 is 0 Å². The fourth-order valence-corrected chi connectivity index (χ4v) is 8.78. The van der Waals surface area contributed by atoms with E-state index in [0.717, 1.165) is 44.9 Å². The lowest BCUT2D eigenvalue weighted by Gasteiger charge is -2.40. The molecule has 6 N–H and O–H groups in total. The first kappa shape index (κ1) is 61.4. The van der Waals surface area contributed by atoms with Crippen molar-refractivity contribution in [1.29, 1.82) is 0 Å². The van der Waals surface area contributed by atoms with E-state index in [1.54, 1.807) is 6.08 Å². The number of amides is 1. The molecule has 382 valence electrons. The van der Waals surface area contributed by atoms with Crippen molar-refractivity contribution in [2.45, 2.75) is 301 Å². The molecule has 1 rings (SSSR count). The Morgan fingerprint density at radius 2 is 0.908 bits per heavy atom. The fraction of sp³-hybridized carbons (Fsp3) is 0.875. The Hall–Kier alpha value is -1.59. The quantitative estimate of drug-likeness (QED) is 0.0261. The van der Waals surface area contributed by atoms with Gasteiger partial charge in [-0.1, -0.05) is 237 Å². The van der Waals surface area contributed by atoms with Gasteiger partial charge in [-0.05, 0) is 51.4 Å². The van der Waals surface area contributed by atoms with Crippen LogP contribution in [0.2, 0.25) is 0 Å². The van der Waals surface area contributed by atoms with Crippen molar-refractivity contribution in [2.75, 3.05) is 13.2 Å². The second-order valence-electron chi connectivity index (χ2n) is 19.4. The van der Waals surface area contributed by atoms with Crippen molar-refractivity contribution in [2.24, 2.45) is 0 Å². The van der Waals surface area contributed by atoms with Crippen LogP contribution < -0.4 is 5.32 Å². The van der Waals surface area contributed by atoms with Crippen LogP contribution in [-0.2, 0) is 14.3 Å². The van der Waals surface area contributed by atoms with Crippen LogP contribution in [0.15, 0.2) is 36.5 Å². The highest BCUT2D eigenvalue weighted by Gasteiger charge is 2.44. The van der Waals surface area contributed by atoms with Crippen LogP contribution in [0, 0.1) is 0 Å². The zero-order valence-corrected chi connectivity index (χ0v) is 42.3. The molecule has 1 aliphatic rings. The molecule has 1 aliphatic heterocycles. The average molecular weight is 920 g/mol. The minimum atomic E-state index is -1.57. The van der Waals surface area contributed by atoms with E-state index < -0.39 is 49.5 Å². The van der Waals surface area contributed by atoms with Gasteiger partial charge in [0, 0.05) is 6.42 Å². The number of hydrogen-bond donors (Lipinski definition) is 6. The maximum absolute atomic E-state index is 13.0. The zero-order valence-electron chi connectivity index (χ0n) is 42.3. The molecule has 0 saturated carbocycles. The summed E-state index contributed by atoms with van der Waals surface area (Å²) < 4.78 is 11.3. The van der Waals surface area contributed by atoms with Gasteiger partial charge in [0.15, 0.2) is 6.29 Å². The molecule has 65 heavy (non-hydrogen) atoms. The smallest absolute Gasteiger partial charge is 0.220 e. The van der Waals surface area contributed by atoms with E-state index >= 15 is 0 Å². The van der Waals surface area contributed by atoms with Crippen LogP contribution in [0.4, 0.5) is 0 Å². The Morgan fingerprint density at radius 3 is 1.35 bits per heavy atom. The molecule has 1 fully saturated rings. The van der Waals surface area contributed by atoms with E-state index in [2.05, 4.69) is 43.5 Å². The number of ether oxygens (including phenoxy) is 2. The topological polar surface area (TPSA) is 149 Å². The molecule has 0 aliphatic carbocycles. The number of aliphatic hydroxyl groups excluding tert-OH is 5. The highest BCUT2D eigenvalue weighted by atomic mass is 16.7. The standard InChI is InChI=1S/C56H105NO8/c1-3-5-7-9-11-13-15-17-19-21-23-24-25-26-28-29-31-33-35-37-39-41-43-45-50(59)49(48-64-56-55(63)54(62)53(61)51(47-58)65-56)57-52(60)46-44-42-40-38-36-34-32-30-27-22-20-18-16-14-12-10-8-6-4-2/h12,14,18,20,43,45,49-51,53-56,58-59,61-63H,3-11,13,15-17,19,21-42,44,46-48H2,1-2H3,(H,57,60)/b14-12-,20-18-,45-43+. The Balaban J connectivity index is 2.26. The molecule has 0 aromatic carbocycles. The Labute approximate surface area is 400 Å². The van der Waals surface area contributed by atoms with Crippen molar-refractivity contribution >= 4 is 5.91 Å². The van der Waals surface area contributed by atoms with Crippen molar-refractivity contribution in [1.82, 2.24) is 5.32 Å². The molecule has 0 spiro atoms. The molecule has 0 radical (unpaired) electrons. The summed E-state index contributed by atoms with van der Waals surface area (Å²) in [5.41, 5.74) is 0. The van der Waals surface area contributed by atoms with Crippen molar-refractivity contribution in [3.63, 3.8) is 0 Å². The number of aliphatic hydroxyl groups is 5. The molecule has 1 saturated heterocycles. The Morgan fingerprint density at radius 1 is 0.523 bits per heavy atom. The highest BCUT2D eigenvalue weighted by molar-refractivity contribution is 5.76. The van der Waals surface area contributed by atoms with Gasteiger partial charge >= 0.3 is 0 Å². The second-order valence-corrected chi connectivity index (χ2v) is 19.4. The summed E-state index contributed by atoms with van der Waals surface area (Å²) in [5, 5.41) is 54.5. The SMILES string of the molecule is CCCCC/C=C\C/C=C\CCCCCCCCCCCC(=O)NC(COC1OC(CO)C(O)C(O)C1O)C(O)/C=C/CCCCCCCCCCCCCCCCCCCCCCC. The summed E-state index contributed by atoms with van der Waals surface area (Å²) in [6.45, 7) is 3.77. The predicted molar refractivity (Wildman–Crippen MR) is 272 cm³/mol. The first-order chi connectivity index (χ1) is 31.8. The van der Waals surface area contributed by atoms with Gasteiger partial charge in [-0.15, -0.1) is 0 Å². The molecule has 1 heterocycles. The molecular formula is C56H105NO8. The van der Waals surface area contributed by atoms with E-state index in [1.807, 2.05) is 6.08 Å². The van der Waals surface area contributed by atoms with Gasteiger partial charge in [0.2, 0.25) is 5.91 Å². The molecule has 7 unspecified atom stereocenters. The maximum atomic E-state index is 13.0. The van der Waals surface area contributed by atoms with E-state index in [9.17, 15) is 30.3 Å². The van der Waals surface area contributed by atoms with Gasteiger partial charge in [-0.3, -0.25) is 4.79 Å². The number of allylic oxidation sites excluding steroid dienone is 5. The lowest BCUT2D eigenvalue weighted by Crippen LogP contribution is -2.60. The lowest BCUT2D eigenvalue weighted by molar-refractivity contribution is -0.302. The number of carbonyl (C=O) groups excluding carboxylic acids is 1. The molecule has 9 nitrogen and oxygen atoms in total. The van der Waals surface area contributed by atoms with Gasteiger partial charge in [0.05, 0.1) is 25.4 Å². The Kier molecular flexibility index (Phi) is 43.6. The highest BCUT2D eigenvalue weighted by Crippen LogP contribution is 2.23. The summed E-state index contributed by atoms with van der Waals surface area (Å²) in [6, 6.07) is -0.807. The minimum Gasteiger partial charge on any atom is -0.394 e. The fourth-order valence-electron chi connectivity index (χ4n) is 8.78. The number of carbonyl (C=O) groups is 1. The summed E-state index contributed by atoms with van der Waals surface area (Å²) in [6.07, 6.45) is 52.0. The van der Waals surface area contributed by atoms with Crippen LogP contribution in [0.3, 0.4) is 0 Å². The van der Waals surface area contributed by atoms with Gasteiger partial charge in [-0.2, -0.15) is 0 Å². The van der Waals surface area contributed by atoms with Crippen molar-refractivity contribution in [3.8, 4) is 0 Å². The molecule has 7 atom stereocenters. The molecular weight excluding hydrogens is 815 g/mol. The van der Waals surface area contributed by atoms with Gasteiger partial charge < -0.3 is 40.3 Å². The molecule has 0 bridgehead atoms. The molecule has 9 heteroatoms. The molecule has 0 aromatic rings. The van der Waals surface area contributed by atoms with Crippen molar-refractivity contribution in [3.05, 3.63) is 36.5 Å². The maximum Gasteiger partial charge on any atom is 0.220 e. The third-order valence-corrected chi connectivity index (χ3v) is 13.2. The van der Waals surface area contributed by atoms with Gasteiger partial charge in [0.1, 0.15) is 24.4 Å². The Bertz CT molecular complexity index is 1110. The van der Waals surface area contributed by atoms with Crippen LogP contribution in [0.25, 0.3) is 0 Å². The first-order valence-corrected chi connectivity index (χ1v) is 27.7. The van der Waals surface area contributed by atoms with Crippen LogP contribution in [0.1, 0.15) is 258 Å². The van der Waals surface area contributed by atoms with Crippen LogP contribution in [-0.4, -0.2) is 87.5 Å². The van der Waals surface area contributed by atoms with Crippen molar-refractivity contribution < 1.29 is 39.8 Å². The summed E-state index contributed by atoms with van der Waals surface area (Å²) >= 11 is 0. The third kappa shape index (κ3) is 36.1. The van der Waals surface area contributed by atoms with E-state index in [-0.39, 0.29) is 12.5 Å². The minimum absolute atomic E-state index is 0.179. The summed E-state index contributed by atoms with van der Waals surface area (Å²) in [7, 11) is 0. The van der Waals surface area contributed by atoms with Gasteiger partial charge in [-0.25, -0.2) is 0 Å². The number of unbranched alkanes of at least 4 members (excludes halogenated alkanes) is 33. The summed E-state index contributed by atoms with van der Waals surface area (Å²) in [5.74, 6) is -0.179. The number of rotatable bonds is 47. The van der Waals surface area contributed by atoms with Crippen LogP contribution in [0.5, 0.6) is 0 Å². The van der Waals surface area contributed by atoms with E-state index in [0.29, 0.717) is 6.42 Å². The molecule has 0 aromatic heterocycles.